The Kier molecular flexibility index (Phi) is 4.15. The highest BCUT2D eigenvalue weighted by Gasteiger charge is 2.10. The van der Waals surface area contributed by atoms with Gasteiger partial charge in [0.2, 0.25) is 0 Å². The normalized spacial score (nSPS) is 10.1. The lowest BCUT2D eigenvalue weighted by atomic mass is 10.1. The average molecular weight is 272 g/mol. The van der Waals surface area contributed by atoms with Gasteiger partial charge in [0.05, 0.1) is 13.0 Å². The van der Waals surface area contributed by atoms with E-state index in [9.17, 15) is 4.79 Å². The van der Waals surface area contributed by atoms with Gasteiger partial charge in [-0.25, -0.2) is 0 Å². The molecule has 0 aliphatic carbocycles. The number of esters is 1. The van der Waals surface area contributed by atoms with Crippen molar-refractivity contribution in [2.75, 3.05) is 12.3 Å². The van der Waals surface area contributed by atoms with Crippen molar-refractivity contribution in [2.24, 2.45) is 0 Å². The summed E-state index contributed by atoms with van der Waals surface area (Å²) in [5.74, 6) is -0.245. The molecule has 3 nitrogen and oxygen atoms in total. The summed E-state index contributed by atoms with van der Waals surface area (Å²) in [5, 5.41) is 0. The summed E-state index contributed by atoms with van der Waals surface area (Å²) in [7, 11) is 0. The van der Waals surface area contributed by atoms with Crippen molar-refractivity contribution in [3.05, 3.63) is 27.7 Å². The van der Waals surface area contributed by atoms with E-state index in [1.54, 1.807) is 6.92 Å². The fourth-order valence-corrected chi connectivity index (χ4v) is 1.63. The molecule has 82 valence electrons. The van der Waals surface area contributed by atoms with Crippen LogP contribution in [-0.2, 0) is 16.0 Å². The summed E-state index contributed by atoms with van der Waals surface area (Å²) in [5.41, 5.74) is 8.31. The van der Waals surface area contributed by atoms with Gasteiger partial charge in [0, 0.05) is 10.2 Å². The van der Waals surface area contributed by atoms with Gasteiger partial charge in [0.15, 0.2) is 0 Å². The maximum Gasteiger partial charge on any atom is 0.310 e. The highest BCUT2D eigenvalue weighted by atomic mass is 79.9. The van der Waals surface area contributed by atoms with Crippen molar-refractivity contribution >= 4 is 27.6 Å². The molecule has 15 heavy (non-hydrogen) atoms. The average Bonchev–Trinajstić information content (AvgIpc) is 2.20. The SMILES string of the molecule is CCOC(=O)Cc1ccc(Br)c(C)c1N. The Balaban J connectivity index is 2.87. The molecule has 0 unspecified atom stereocenters. The van der Waals surface area contributed by atoms with E-state index in [2.05, 4.69) is 15.9 Å². The second-order valence-electron chi connectivity index (χ2n) is 3.23. The third kappa shape index (κ3) is 2.96. The summed E-state index contributed by atoms with van der Waals surface area (Å²) in [6, 6.07) is 3.73. The molecule has 0 fully saturated rings. The summed E-state index contributed by atoms with van der Waals surface area (Å²) in [6.45, 7) is 4.09. The predicted octanol–water partition coefficient (Wildman–Crippen LogP) is 2.45. The van der Waals surface area contributed by atoms with E-state index in [-0.39, 0.29) is 12.4 Å². The number of benzene rings is 1. The molecule has 0 radical (unpaired) electrons. The zero-order valence-electron chi connectivity index (χ0n) is 8.84. The summed E-state index contributed by atoms with van der Waals surface area (Å²) < 4.78 is 5.82. The lowest BCUT2D eigenvalue weighted by Gasteiger charge is -2.09. The van der Waals surface area contributed by atoms with E-state index in [1.807, 2.05) is 19.1 Å². The largest absolute Gasteiger partial charge is 0.466 e. The first-order chi connectivity index (χ1) is 7.06. The van der Waals surface area contributed by atoms with Crippen LogP contribution in [-0.4, -0.2) is 12.6 Å². The van der Waals surface area contributed by atoms with Crippen LogP contribution in [0, 0.1) is 6.92 Å². The molecule has 0 spiro atoms. The summed E-state index contributed by atoms with van der Waals surface area (Å²) >= 11 is 3.38. The molecule has 0 bridgehead atoms. The maximum atomic E-state index is 11.3. The Hall–Kier alpha value is -1.03. The molecule has 1 aromatic rings. The van der Waals surface area contributed by atoms with E-state index < -0.39 is 0 Å². The number of carbonyl (C=O) groups excluding carboxylic acids is 1. The number of rotatable bonds is 3. The van der Waals surface area contributed by atoms with Crippen LogP contribution >= 0.6 is 15.9 Å². The standard InChI is InChI=1S/C11H14BrNO2/c1-3-15-10(14)6-8-4-5-9(12)7(2)11(8)13/h4-5H,3,6,13H2,1-2H3. The Labute approximate surface area is 97.7 Å². The number of hydrogen-bond donors (Lipinski definition) is 1. The van der Waals surface area contributed by atoms with Crippen LogP contribution in [0.25, 0.3) is 0 Å². The van der Waals surface area contributed by atoms with Crippen LogP contribution in [0.4, 0.5) is 5.69 Å². The zero-order valence-corrected chi connectivity index (χ0v) is 10.4. The minimum absolute atomic E-state index is 0.230. The zero-order chi connectivity index (χ0) is 11.4. The van der Waals surface area contributed by atoms with E-state index in [0.717, 1.165) is 15.6 Å². The summed E-state index contributed by atoms with van der Waals surface area (Å²) in [6.07, 6.45) is 0.230. The molecule has 2 N–H and O–H groups in total. The third-order valence-corrected chi connectivity index (χ3v) is 3.04. The quantitative estimate of drug-likeness (QED) is 0.679. The van der Waals surface area contributed by atoms with Gasteiger partial charge in [-0.15, -0.1) is 0 Å². The first-order valence-electron chi connectivity index (χ1n) is 4.75. The van der Waals surface area contributed by atoms with E-state index >= 15 is 0 Å². The number of hydrogen-bond acceptors (Lipinski definition) is 3. The van der Waals surface area contributed by atoms with Gasteiger partial charge in [-0.3, -0.25) is 4.79 Å². The fourth-order valence-electron chi connectivity index (χ4n) is 1.28. The van der Waals surface area contributed by atoms with Crippen molar-refractivity contribution in [1.82, 2.24) is 0 Å². The highest BCUT2D eigenvalue weighted by Crippen LogP contribution is 2.25. The van der Waals surface area contributed by atoms with Crippen molar-refractivity contribution in [3.63, 3.8) is 0 Å². The van der Waals surface area contributed by atoms with Crippen molar-refractivity contribution in [2.45, 2.75) is 20.3 Å². The highest BCUT2D eigenvalue weighted by molar-refractivity contribution is 9.10. The second kappa shape index (κ2) is 5.16. The van der Waals surface area contributed by atoms with Gasteiger partial charge in [-0.1, -0.05) is 22.0 Å². The van der Waals surface area contributed by atoms with Gasteiger partial charge in [-0.2, -0.15) is 0 Å². The van der Waals surface area contributed by atoms with Crippen LogP contribution in [0.3, 0.4) is 0 Å². The number of ether oxygens (including phenoxy) is 1. The van der Waals surface area contributed by atoms with Gasteiger partial charge in [0.1, 0.15) is 0 Å². The van der Waals surface area contributed by atoms with Crippen molar-refractivity contribution < 1.29 is 9.53 Å². The molecule has 0 saturated carbocycles. The fraction of sp³-hybridized carbons (Fsp3) is 0.364. The predicted molar refractivity (Wildman–Crippen MR) is 63.6 cm³/mol. The molecule has 0 heterocycles. The monoisotopic (exact) mass is 271 g/mol. The Bertz CT molecular complexity index is 377. The number of nitrogen functional groups attached to an aromatic ring is 1. The second-order valence-corrected chi connectivity index (χ2v) is 4.08. The van der Waals surface area contributed by atoms with Crippen molar-refractivity contribution in [3.8, 4) is 0 Å². The molecule has 0 aliphatic heterocycles. The molecular weight excluding hydrogens is 258 g/mol. The van der Waals surface area contributed by atoms with Crippen LogP contribution in [0.2, 0.25) is 0 Å². The minimum Gasteiger partial charge on any atom is -0.466 e. The first-order valence-corrected chi connectivity index (χ1v) is 5.54. The van der Waals surface area contributed by atoms with Crippen LogP contribution < -0.4 is 5.73 Å². The van der Waals surface area contributed by atoms with E-state index in [4.69, 9.17) is 10.5 Å². The first kappa shape index (κ1) is 12.0. The van der Waals surface area contributed by atoms with Crippen LogP contribution in [0.5, 0.6) is 0 Å². The molecule has 0 atom stereocenters. The van der Waals surface area contributed by atoms with Crippen molar-refractivity contribution in [1.29, 1.82) is 0 Å². The maximum absolute atomic E-state index is 11.3. The molecule has 4 heteroatoms. The topological polar surface area (TPSA) is 52.3 Å². The smallest absolute Gasteiger partial charge is 0.310 e. The van der Waals surface area contributed by atoms with Gasteiger partial charge in [-0.05, 0) is 31.0 Å². The number of halogens is 1. The lowest BCUT2D eigenvalue weighted by Crippen LogP contribution is -2.09. The van der Waals surface area contributed by atoms with Crippen LogP contribution in [0.15, 0.2) is 16.6 Å². The molecule has 0 aromatic heterocycles. The van der Waals surface area contributed by atoms with E-state index in [1.165, 1.54) is 0 Å². The van der Waals surface area contributed by atoms with Gasteiger partial charge in [0.25, 0.3) is 0 Å². The third-order valence-electron chi connectivity index (χ3n) is 2.18. The molecule has 1 aromatic carbocycles. The molecular formula is C11H14BrNO2. The van der Waals surface area contributed by atoms with Gasteiger partial charge < -0.3 is 10.5 Å². The number of carbonyl (C=O) groups is 1. The number of nitrogens with two attached hydrogens (primary N) is 1. The Morgan fingerprint density at radius 2 is 2.20 bits per heavy atom. The Morgan fingerprint density at radius 1 is 1.53 bits per heavy atom. The summed E-state index contributed by atoms with van der Waals surface area (Å²) in [4.78, 5) is 11.3. The molecule has 1 rings (SSSR count). The molecule has 0 aliphatic rings. The number of anilines is 1. The van der Waals surface area contributed by atoms with E-state index in [0.29, 0.717) is 12.3 Å². The van der Waals surface area contributed by atoms with Gasteiger partial charge >= 0.3 is 5.97 Å². The minimum atomic E-state index is -0.245. The molecule has 0 amide bonds. The van der Waals surface area contributed by atoms with Crippen LogP contribution in [0.1, 0.15) is 18.1 Å². The lowest BCUT2D eigenvalue weighted by molar-refractivity contribution is -0.142. The molecule has 0 saturated heterocycles. The Morgan fingerprint density at radius 3 is 2.80 bits per heavy atom.